The Bertz CT molecular complexity index is 475. The number of carbonyl (C=O) groups is 2. The first-order chi connectivity index (χ1) is 10.0. The molecule has 0 fully saturated rings. The predicted octanol–water partition coefficient (Wildman–Crippen LogP) is 2.93. The summed E-state index contributed by atoms with van der Waals surface area (Å²) in [5, 5.41) is 0. The normalized spacial score (nSPS) is 12.7. The Hall–Kier alpha value is -2.10. The van der Waals surface area contributed by atoms with Crippen LogP contribution in [-0.2, 0) is 19.1 Å². The zero-order valence-corrected chi connectivity index (χ0v) is 12.9. The summed E-state index contributed by atoms with van der Waals surface area (Å²) in [4.78, 5) is 23.8. The molecule has 0 aliphatic rings. The molecule has 0 amide bonds. The second-order valence-electron chi connectivity index (χ2n) is 5.12. The highest BCUT2D eigenvalue weighted by Crippen LogP contribution is 2.26. The van der Waals surface area contributed by atoms with E-state index in [1.54, 1.807) is 0 Å². The van der Waals surface area contributed by atoms with E-state index in [0.29, 0.717) is 0 Å². The third-order valence-corrected chi connectivity index (χ3v) is 3.38. The Labute approximate surface area is 125 Å². The van der Waals surface area contributed by atoms with Crippen molar-refractivity contribution in [2.75, 3.05) is 14.2 Å². The largest absolute Gasteiger partial charge is 0.468 e. The molecular weight excluding hydrogens is 268 g/mol. The lowest BCUT2D eigenvalue weighted by atomic mass is 9.82. The van der Waals surface area contributed by atoms with E-state index in [-0.39, 0.29) is 11.8 Å². The second-order valence-corrected chi connectivity index (χ2v) is 5.12. The molecule has 1 aromatic carbocycles. The van der Waals surface area contributed by atoms with Crippen molar-refractivity contribution in [3.05, 3.63) is 42.0 Å². The van der Waals surface area contributed by atoms with Crippen molar-refractivity contribution in [3.63, 3.8) is 0 Å². The Morgan fingerprint density at radius 1 is 1.00 bits per heavy atom. The number of allylic oxidation sites excluding steroid dienone is 1. The van der Waals surface area contributed by atoms with Crippen molar-refractivity contribution in [3.8, 4) is 0 Å². The number of carbonyl (C=O) groups excluding carboxylic acids is 2. The Morgan fingerprint density at radius 3 is 1.95 bits per heavy atom. The molecule has 0 heterocycles. The van der Waals surface area contributed by atoms with Gasteiger partial charge in [0.25, 0.3) is 0 Å². The van der Waals surface area contributed by atoms with Crippen molar-refractivity contribution < 1.29 is 19.1 Å². The SMILES string of the molecule is COC(=O)C(C(=O)OC)[C@@H](/C=C/c1ccccc1)C(C)C. The van der Waals surface area contributed by atoms with Crippen LogP contribution >= 0.6 is 0 Å². The summed E-state index contributed by atoms with van der Waals surface area (Å²) < 4.78 is 9.49. The molecule has 0 saturated carbocycles. The van der Waals surface area contributed by atoms with Crippen LogP contribution in [0.5, 0.6) is 0 Å². The fraction of sp³-hybridized carbons (Fsp3) is 0.412. The molecule has 4 nitrogen and oxygen atoms in total. The number of hydrogen-bond donors (Lipinski definition) is 0. The molecule has 4 heteroatoms. The first kappa shape index (κ1) is 17.0. The van der Waals surface area contributed by atoms with Crippen LogP contribution < -0.4 is 0 Å². The number of rotatable bonds is 6. The van der Waals surface area contributed by atoms with E-state index in [9.17, 15) is 9.59 Å². The van der Waals surface area contributed by atoms with Gasteiger partial charge in [-0.1, -0.05) is 56.3 Å². The molecule has 21 heavy (non-hydrogen) atoms. The van der Waals surface area contributed by atoms with Crippen LogP contribution in [-0.4, -0.2) is 26.2 Å². The van der Waals surface area contributed by atoms with Crippen LogP contribution in [0.25, 0.3) is 6.08 Å². The molecule has 114 valence electrons. The molecule has 0 N–H and O–H groups in total. The van der Waals surface area contributed by atoms with Gasteiger partial charge in [0, 0.05) is 5.92 Å². The minimum atomic E-state index is -0.944. The maximum Gasteiger partial charge on any atom is 0.320 e. The quantitative estimate of drug-likeness (QED) is 0.597. The van der Waals surface area contributed by atoms with E-state index in [0.717, 1.165) is 5.56 Å². The minimum Gasteiger partial charge on any atom is -0.468 e. The van der Waals surface area contributed by atoms with Crippen LogP contribution in [0.15, 0.2) is 36.4 Å². The van der Waals surface area contributed by atoms with Gasteiger partial charge in [0.2, 0.25) is 0 Å². The topological polar surface area (TPSA) is 52.6 Å². The number of methoxy groups -OCH3 is 2. The van der Waals surface area contributed by atoms with Gasteiger partial charge in [-0.25, -0.2) is 0 Å². The molecule has 0 aliphatic carbocycles. The molecular formula is C17H22O4. The molecule has 0 aromatic heterocycles. The standard InChI is InChI=1S/C17H22O4/c1-12(2)14(11-10-13-8-6-5-7-9-13)15(16(18)20-3)17(19)21-4/h5-12,14-15H,1-4H3/b11-10+/t14-/m0/s1. The molecule has 0 aliphatic heterocycles. The van der Waals surface area contributed by atoms with Crippen LogP contribution in [0.2, 0.25) is 0 Å². The third kappa shape index (κ3) is 4.74. The van der Waals surface area contributed by atoms with Crippen molar-refractivity contribution in [1.82, 2.24) is 0 Å². The number of benzene rings is 1. The predicted molar refractivity (Wildman–Crippen MR) is 81.3 cm³/mol. The molecule has 1 atom stereocenters. The molecule has 0 spiro atoms. The van der Waals surface area contributed by atoms with E-state index < -0.39 is 17.9 Å². The van der Waals surface area contributed by atoms with Gasteiger partial charge in [-0.3, -0.25) is 9.59 Å². The Balaban J connectivity index is 3.05. The molecule has 1 rings (SSSR count). The maximum absolute atomic E-state index is 11.9. The molecule has 0 saturated heterocycles. The van der Waals surface area contributed by atoms with Crippen LogP contribution in [0.3, 0.4) is 0 Å². The molecule has 0 unspecified atom stereocenters. The van der Waals surface area contributed by atoms with Crippen molar-refractivity contribution in [1.29, 1.82) is 0 Å². The average Bonchev–Trinajstić information content (AvgIpc) is 2.50. The molecule has 0 radical (unpaired) electrons. The second kappa shape index (κ2) is 8.25. The summed E-state index contributed by atoms with van der Waals surface area (Å²) in [6.07, 6.45) is 3.78. The molecule has 1 aromatic rings. The van der Waals surface area contributed by atoms with Crippen LogP contribution in [0.1, 0.15) is 19.4 Å². The lowest BCUT2D eigenvalue weighted by Gasteiger charge is -2.23. The average molecular weight is 290 g/mol. The van der Waals surface area contributed by atoms with Gasteiger partial charge < -0.3 is 9.47 Å². The summed E-state index contributed by atoms with van der Waals surface area (Å²) in [5.41, 5.74) is 1.01. The van der Waals surface area contributed by atoms with Crippen molar-refractivity contribution in [2.45, 2.75) is 13.8 Å². The van der Waals surface area contributed by atoms with Gasteiger partial charge in [-0.2, -0.15) is 0 Å². The van der Waals surface area contributed by atoms with Crippen LogP contribution in [0.4, 0.5) is 0 Å². The lowest BCUT2D eigenvalue weighted by molar-refractivity contribution is -0.161. The number of ether oxygens (including phenoxy) is 2. The first-order valence-electron chi connectivity index (χ1n) is 6.90. The smallest absolute Gasteiger partial charge is 0.320 e. The highest BCUT2D eigenvalue weighted by atomic mass is 16.5. The summed E-state index contributed by atoms with van der Waals surface area (Å²) in [6, 6.07) is 9.71. The highest BCUT2D eigenvalue weighted by Gasteiger charge is 2.37. The zero-order chi connectivity index (χ0) is 15.8. The first-order valence-corrected chi connectivity index (χ1v) is 6.90. The molecule has 0 bridgehead atoms. The van der Waals surface area contributed by atoms with Gasteiger partial charge in [0.05, 0.1) is 14.2 Å². The number of esters is 2. The van der Waals surface area contributed by atoms with E-state index in [2.05, 4.69) is 0 Å². The van der Waals surface area contributed by atoms with E-state index in [1.165, 1.54) is 14.2 Å². The van der Waals surface area contributed by atoms with Gasteiger partial charge in [-0.05, 0) is 11.5 Å². The van der Waals surface area contributed by atoms with Crippen LogP contribution in [0, 0.1) is 17.8 Å². The number of hydrogen-bond acceptors (Lipinski definition) is 4. The van der Waals surface area contributed by atoms with E-state index in [4.69, 9.17) is 9.47 Å². The summed E-state index contributed by atoms with van der Waals surface area (Å²) >= 11 is 0. The van der Waals surface area contributed by atoms with Crippen molar-refractivity contribution >= 4 is 18.0 Å². The van der Waals surface area contributed by atoms with Gasteiger partial charge in [0.15, 0.2) is 5.92 Å². The Kier molecular flexibility index (Phi) is 6.66. The van der Waals surface area contributed by atoms with Gasteiger partial charge in [-0.15, -0.1) is 0 Å². The fourth-order valence-corrected chi connectivity index (χ4v) is 2.17. The van der Waals surface area contributed by atoms with Gasteiger partial charge >= 0.3 is 11.9 Å². The van der Waals surface area contributed by atoms with E-state index >= 15 is 0 Å². The monoisotopic (exact) mass is 290 g/mol. The fourth-order valence-electron chi connectivity index (χ4n) is 2.17. The Morgan fingerprint density at radius 2 is 1.52 bits per heavy atom. The zero-order valence-electron chi connectivity index (χ0n) is 12.9. The van der Waals surface area contributed by atoms with Gasteiger partial charge in [0.1, 0.15) is 0 Å². The summed E-state index contributed by atoms with van der Waals surface area (Å²) in [5.74, 6) is -2.28. The van der Waals surface area contributed by atoms with E-state index in [1.807, 2.05) is 56.3 Å². The lowest BCUT2D eigenvalue weighted by Crippen LogP contribution is -2.35. The highest BCUT2D eigenvalue weighted by molar-refractivity contribution is 5.95. The minimum absolute atomic E-state index is 0.0909. The third-order valence-electron chi connectivity index (χ3n) is 3.38. The summed E-state index contributed by atoms with van der Waals surface area (Å²) in [7, 11) is 2.55. The van der Waals surface area contributed by atoms with Crippen molar-refractivity contribution in [2.24, 2.45) is 17.8 Å². The maximum atomic E-state index is 11.9. The summed E-state index contributed by atoms with van der Waals surface area (Å²) in [6.45, 7) is 3.91.